The van der Waals surface area contributed by atoms with Crippen molar-refractivity contribution in [1.29, 1.82) is 0 Å². The summed E-state index contributed by atoms with van der Waals surface area (Å²) in [6.45, 7) is 5.91. The van der Waals surface area contributed by atoms with Gasteiger partial charge in [-0.05, 0) is 29.2 Å². The van der Waals surface area contributed by atoms with Crippen LogP contribution in [0, 0.1) is 5.82 Å². The number of halogens is 1. The molecule has 8 heteroatoms. The number of aliphatic hydroxyl groups excluding tert-OH is 3. The van der Waals surface area contributed by atoms with Crippen LogP contribution in [0.25, 0.3) is 17.2 Å². The molecule has 3 atom stereocenters. The minimum atomic E-state index is -1.19. The molecule has 0 radical (unpaired) electrons. The SMILES string of the molecule is COCc1c(C(C)CO)nc(C(C)C)c(C=CC(O)CC(O)CC(=O)O)c1-c1ccc(F)cc1. The molecule has 0 amide bonds. The molecular weight excluding hydrogens is 441 g/mol. The van der Waals surface area contributed by atoms with E-state index in [1.54, 1.807) is 25.3 Å². The Kier molecular flexibility index (Phi) is 10.3. The molecule has 0 aliphatic heterocycles. The van der Waals surface area contributed by atoms with Gasteiger partial charge in [0.25, 0.3) is 0 Å². The number of pyridine rings is 1. The number of nitrogens with zero attached hydrogens (tertiary/aromatic N) is 1. The average molecular weight is 476 g/mol. The van der Waals surface area contributed by atoms with Gasteiger partial charge < -0.3 is 25.2 Å². The van der Waals surface area contributed by atoms with Crippen LogP contribution in [0.5, 0.6) is 0 Å². The Hall–Kier alpha value is -2.65. The molecule has 1 aromatic carbocycles. The Morgan fingerprint density at radius 2 is 1.79 bits per heavy atom. The van der Waals surface area contributed by atoms with Crippen molar-refractivity contribution in [3.8, 4) is 11.1 Å². The van der Waals surface area contributed by atoms with E-state index in [0.717, 1.165) is 22.4 Å². The first-order valence-corrected chi connectivity index (χ1v) is 11.3. The van der Waals surface area contributed by atoms with Crippen LogP contribution in [-0.4, -0.2) is 57.3 Å². The standard InChI is InChI=1S/C26H34FNO6/c1-15(2)25-21(10-9-19(30)11-20(31)12-23(32)33)24(17-5-7-18(27)8-6-17)22(14-34-4)26(28-25)16(3)13-29/h5-10,15-16,19-20,29-31H,11-14H2,1-4H3,(H,32,33). The van der Waals surface area contributed by atoms with E-state index in [2.05, 4.69) is 0 Å². The van der Waals surface area contributed by atoms with Gasteiger partial charge in [0.05, 0.1) is 43.2 Å². The topological polar surface area (TPSA) is 120 Å². The molecule has 2 rings (SSSR count). The van der Waals surface area contributed by atoms with Crippen LogP contribution in [0.15, 0.2) is 30.3 Å². The molecule has 186 valence electrons. The zero-order valence-electron chi connectivity index (χ0n) is 20.0. The number of aromatic nitrogens is 1. The maximum absolute atomic E-state index is 13.7. The highest BCUT2D eigenvalue weighted by Crippen LogP contribution is 2.38. The predicted molar refractivity (Wildman–Crippen MR) is 128 cm³/mol. The lowest BCUT2D eigenvalue weighted by Crippen LogP contribution is -2.19. The first kappa shape index (κ1) is 27.6. The van der Waals surface area contributed by atoms with Gasteiger partial charge in [-0.25, -0.2) is 4.39 Å². The number of aliphatic carboxylic acids is 1. The normalized spacial score (nSPS) is 14.5. The van der Waals surface area contributed by atoms with E-state index >= 15 is 0 Å². The third kappa shape index (κ3) is 7.17. The summed E-state index contributed by atoms with van der Waals surface area (Å²) >= 11 is 0. The fraction of sp³-hybridized carbons (Fsp3) is 0.462. The summed E-state index contributed by atoms with van der Waals surface area (Å²) in [7, 11) is 1.56. The molecular formula is C26H34FNO6. The minimum absolute atomic E-state index is 0.0187. The Labute approximate surface area is 199 Å². The van der Waals surface area contributed by atoms with Gasteiger partial charge in [0.15, 0.2) is 0 Å². The molecule has 3 unspecified atom stereocenters. The molecule has 0 saturated heterocycles. The molecule has 34 heavy (non-hydrogen) atoms. The molecule has 0 bridgehead atoms. The highest BCUT2D eigenvalue weighted by atomic mass is 19.1. The summed E-state index contributed by atoms with van der Waals surface area (Å²) in [6, 6.07) is 6.04. The smallest absolute Gasteiger partial charge is 0.305 e. The van der Waals surface area contributed by atoms with Crippen LogP contribution in [-0.2, 0) is 16.1 Å². The van der Waals surface area contributed by atoms with Gasteiger partial charge in [-0.1, -0.05) is 45.1 Å². The van der Waals surface area contributed by atoms with Crippen molar-refractivity contribution in [3.63, 3.8) is 0 Å². The molecule has 1 aromatic heterocycles. The number of hydrogen-bond donors (Lipinski definition) is 4. The zero-order chi connectivity index (χ0) is 25.4. The predicted octanol–water partition coefficient (Wildman–Crippen LogP) is 3.85. The number of ether oxygens (including phenoxy) is 1. The summed E-state index contributed by atoms with van der Waals surface area (Å²) in [5, 5.41) is 39.0. The molecule has 0 aliphatic rings. The molecule has 7 nitrogen and oxygen atoms in total. The number of carbonyl (C=O) groups is 1. The number of carboxylic acids is 1. The van der Waals surface area contributed by atoms with Crippen LogP contribution in [0.2, 0.25) is 0 Å². The quantitative estimate of drug-likeness (QED) is 0.368. The van der Waals surface area contributed by atoms with E-state index in [-0.39, 0.29) is 37.3 Å². The Bertz CT molecular complexity index is 990. The van der Waals surface area contributed by atoms with Crippen LogP contribution < -0.4 is 0 Å². The lowest BCUT2D eigenvalue weighted by Gasteiger charge is -2.24. The number of hydrogen-bond acceptors (Lipinski definition) is 6. The summed E-state index contributed by atoms with van der Waals surface area (Å²) in [5.74, 6) is -1.81. The van der Waals surface area contributed by atoms with E-state index < -0.39 is 24.6 Å². The number of methoxy groups -OCH3 is 1. The number of aliphatic hydroxyl groups is 3. The van der Waals surface area contributed by atoms with E-state index in [1.165, 1.54) is 18.2 Å². The maximum atomic E-state index is 13.7. The fourth-order valence-electron chi connectivity index (χ4n) is 3.87. The van der Waals surface area contributed by atoms with E-state index in [0.29, 0.717) is 11.3 Å². The van der Waals surface area contributed by atoms with E-state index in [1.807, 2.05) is 20.8 Å². The molecule has 0 fully saturated rings. The summed E-state index contributed by atoms with van der Waals surface area (Å²) in [6.07, 6.45) is 0.323. The number of benzene rings is 1. The number of rotatable bonds is 12. The van der Waals surface area contributed by atoms with Gasteiger partial charge in [-0.2, -0.15) is 0 Å². The Balaban J connectivity index is 2.72. The summed E-state index contributed by atoms with van der Waals surface area (Å²) < 4.78 is 19.2. The van der Waals surface area contributed by atoms with Crippen LogP contribution in [0.4, 0.5) is 4.39 Å². The lowest BCUT2D eigenvalue weighted by molar-refractivity contribution is -0.139. The third-order valence-electron chi connectivity index (χ3n) is 5.52. The second-order valence-electron chi connectivity index (χ2n) is 8.74. The molecule has 1 heterocycles. The second kappa shape index (κ2) is 12.7. The number of carboxylic acid groups (broad SMARTS) is 1. The van der Waals surface area contributed by atoms with Crippen LogP contribution >= 0.6 is 0 Å². The van der Waals surface area contributed by atoms with Crippen molar-refractivity contribution in [2.75, 3.05) is 13.7 Å². The van der Waals surface area contributed by atoms with Crippen molar-refractivity contribution in [2.45, 2.75) is 64.3 Å². The Morgan fingerprint density at radius 1 is 1.15 bits per heavy atom. The van der Waals surface area contributed by atoms with Gasteiger partial charge in [-0.15, -0.1) is 0 Å². The minimum Gasteiger partial charge on any atom is -0.481 e. The largest absolute Gasteiger partial charge is 0.481 e. The van der Waals surface area contributed by atoms with Crippen LogP contribution in [0.1, 0.15) is 68.0 Å². The highest BCUT2D eigenvalue weighted by molar-refractivity contribution is 5.80. The molecule has 4 N–H and O–H groups in total. The monoisotopic (exact) mass is 475 g/mol. The van der Waals surface area contributed by atoms with Crippen LogP contribution in [0.3, 0.4) is 0 Å². The average Bonchev–Trinajstić information content (AvgIpc) is 2.77. The molecule has 2 aromatic rings. The maximum Gasteiger partial charge on any atom is 0.305 e. The Morgan fingerprint density at radius 3 is 2.32 bits per heavy atom. The first-order valence-electron chi connectivity index (χ1n) is 11.3. The van der Waals surface area contributed by atoms with Crippen molar-refractivity contribution in [1.82, 2.24) is 4.98 Å². The van der Waals surface area contributed by atoms with Gasteiger partial charge in [0.1, 0.15) is 5.82 Å². The van der Waals surface area contributed by atoms with Crippen molar-refractivity contribution in [2.24, 2.45) is 0 Å². The summed E-state index contributed by atoms with van der Waals surface area (Å²) in [4.78, 5) is 15.7. The van der Waals surface area contributed by atoms with E-state index in [4.69, 9.17) is 14.8 Å². The van der Waals surface area contributed by atoms with Crippen molar-refractivity contribution >= 4 is 12.0 Å². The van der Waals surface area contributed by atoms with Gasteiger partial charge in [-0.3, -0.25) is 9.78 Å². The molecule has 0 spiro atoms. The first-order chi connectivity index (χ1) is 16.1. The second-order valence-corrected chi connectivity index (χ2v) is 8.74. The zero-order valence-corrected chi connectivity index (χ0v) is 20.0. The van der Waals surface area contributed by atoms with Crippen molar-refractivity contribution < 1.29 is 34.3 Å². The van der Waals surface area contributed by atoms with Gasteiger partial charge in [0.2, 0.25) is 0 Å². The van der Waals surface area contributed by atoms with Gasteiger partial charge >= 0.3 is 5.97 Å². The molecule has 0 saturated carbocycles. The highest BCUT2D eigenvalue weighted by Gasteiger charge is 2.24. The van der Waals surface area contributed by atoms with Crippen molar-refractivity contribution in [3.05, 3.63) is 58.7 Å². The van der Waals surface area contributed by atoms with E-state index in [9.17, 15) is 24.5 Å². The fourth-order valence-corrected chi connectivity index (χ4v) is 3.87. The van der Waals surface area contributed by atoms with Gasteiger partial charge in [0, 0.05) is 30.6 Å². The third-order valence-corrected chi connectivity index (χ3v) is 5.52. The summed E-state index contributed by atoms with van der Waals surface area (Å²) in [5.41, 5.74) is 4.34. The lowest BCUT2D eigenvalue weighted by atomic mass is 9.86. The molecule has 0 aliphatic carbocycles.